The van der Waals surface area contributed by atoms with Gasteiger partial charge in [-0.15, -0.1) is 0 Å². The van der Waals surface area contributed by atoms with Gasteiger partial charge < -0.3 is 5.32 Å². The monoisotopic (exact) mass is 764 g/mol. The van der Waals surface area contributed by atoms with E-state index in [0.717, 1.165) is 45.1 Å². The predicted octanol–water partition coefficient (Wildman–Crippen LogP) is 12.5. The lowest BCUT2D eigenvalue weighted by Gasteiger charge is -2.21. The van der Waals surface area contributed by atoms with Crippen molar-refractivity contribution in [1.29, 1.82) is 0 Å². The highest BCUT2D eigenvalue weighted by atomic mass is 15.2. The Labute approximate surface area is 347 Å². The molecule has 3 heteroatoms. The smallest absolute Gasteiger partial charge is 0.306 e. The molecule has 0 saturated heterocycles. The number of hydrogen-bond donors (Lipinski definition) is 2. The van der Waals surface area contributed by atoms with Crippen LogP contribution in [0.5, 0.6) is 0 Å². The van der Waals surface area contributed by atoms with Gasteiger partial charge >= 0.3 is 5.84 Å². The molecule has 0 amide bonds. The zero-order valence-electron chi connectivity index (χ0n) is 32.7. The van der Waals surface area contributed by atoms with Crippen LogP contribution in [0.25, 0.3) is 86.9 Å². The Balaban J connectivity index is 1.11. The number of aliphatic imine (C=N–C) groups is 1. The van der Waals surface area contributed by atoms with Gasteiger partial charge in [0.05, 0.1) is 5.56 Å². The summed E-state index contributed by atoms with van der Waals surface area (Å²) in [4.78, 5) is 9.45. The van der Waals surface area contributed by atoms with Crippen LogP contribution >= 0.6 is 0 Å². The van der Waals surface area contributed by atoms with Gasteiger partial charge in [-0.25, -0.2) is 4.99 Å². The normalized spacial score (nSPS) is 14.2. The molecule has 0 radical (unpaired) electrons. The highest BCUT2D eigenvalue weighted by molar-refractivity contribution is 6.15. The van der Waals surface area contributed by atoms with Crippen molar-refractivity contribution in [3.8, 4) is 22.3 Å². The van der Waals surface area contributed by atoms with E-state index in [-0.39, 0.29) is 6.17 Å². The van der Waals surface area contributed by atoms with Crippen LogP contribution < -0.4 is 10.3 Å². The maximum Gasteiger partial charge on any atom is 0.328 e. The second kappa shape index (κ2) is 13.9. The maximum atomic E-state index is 5.48. The lowest BCUT2D eigenvalue weighted by Crippen LogP contribution is -2.80. The van der Waals surface area contributed by atoms with Crippen molar-refractivity contribution in [2.75, 3.05) is 0 Å². The van der Waals surface area contributed by atoms with E-state index in [4.69, 9.17) is 4.99 Å². The van der Waals surface area contributed by atoms with Gasteiger partial charge in [0.2, 0.25) is 0 Å². The van der Waals surface area contributed by atoms with Crippen LogP contribution in [0, 0.1) is 0 Å². The fourth-order valence-electron chi connectivity index (χ4n) is 9.37. The average Bonchev–Trinajstić information content (AvgIpc) is 3.33. The molecular formula is C57H38N3+. The lowest BCUT2D eigenvalue weighted by atomic mass is 9.91. The summed E-state index contributed by atoms with van der Waals surface area (Å²) in [5, 5.41) is 18.7. The number of fused-ring (bicyclic) bond motifs is 9. The molecule has 1 atom stereocenters. The Morgan fingerprint density at radius 2 is 0.817 bits per heavy atom. The topological polar surface area (TPSA) is 38.4 Å². The van der Waals surface area contributed by atoms with Crippen molar-refractivity contribution in [2.24, 2.45) is 4.99 Å². The van der Waals surface area contributed by atoms with Crippen LogP contribution in [0.3, 0.4) is 0 Å². The molecule has 1 heterocycles. The number of nitrogens with one attached hydrogen (secondary N) is 2. The Kier molecular flexibility index (Phi) is 7.92. The van der Waals surface area contributed by atoms with Gasteiger partial charge in [0.25, 0.3) is 5.84 Å². The van der Waals surface area contributed by atoms with Crippen molar-refractivity contribution in [3.05, 3.63) is 229 Å². The largest absolute Gasteiger partial charge is 0.328 e. The van der Waals surface area contributed by atoms with Crippen molar-refractivity contribution in [1.82, 2.24) is 5.32 Å². The van der Waals surface area contributed by atoms with Gasteiger partial charge in [0.1, 0.15) is 0 Å². The van der Waals surface area contributed by atoms with E-state index in [2.05, 4.69) is 223 Å². The molecule has 11 aromatic rings. The van der Waals surface area contributed by atoms with Crippen molar-refractivity contribution < 1.29 is 4.99 Å². The summed E-state index contributed by atoms with van der Waals surface area (Å²) < 4.78 is 0. The molecule has 0 bridgehead atoms. The molecule has 2 N–H and O–H groups in total. The molecule has 1 aliphatic heterocycles. The molecule has 0 aromatic heterocycles. The van der Waals surface area contributed by atoms with E-state index >= 15 is 0 Å². The minimum absolute atomic E-state index is 0.272. The first-order valence-corrected chi connectivity index (χ1v) is 20.6. The number of hydrogen-bond acceptors (Lipinski definition) is 2. The Hall–Kier alpha value is -7.88. The number of nitrogens with zero attached hydrogens (tertiary/aromatic N) is 1. The number of rotatable bonds is 5. The van der Waals surface area contributed by atoms with Crippen LogP contribution in [0.15, 0.2) is 217 Å². The quantitative estimate of drug-likeness (QED) is 0.168. The van der Waals surface area contributed by atoms with Gasteiger partial charge in [-0.3, -0.25) is 0 Å². The van der Waals surface area contributed by atoms with Crippen LogP contribution in [-0.2, 0) is 0 Å². The Morgan fingerprint density at radius 3 is 1.50 bits per heavy atom. The molecule has 12 rings (SSSR count). The summed E-state index contributed by atoms with van der Waals surface area (Å²) in [5.41, 5.74) is 7.78. The van der Waals surface area contributed by atoms with Gasteiger partial charge in [-0.1, -0.05) is 176 Å². The van der Waals surface area contributed by atoms with Gasteiger partial charge in [0.15, 0.2) is 6.17 Å². The van der Waals surface area contributed by atoms with E-state index in [1.807, 2.05) is 0 Å². The van der Waals surface area contributed by atoms with Crippen molar-refractivity contribution in [3.63, 3.8) is 0 Å². The molecule has 1 unspecified atom stereocenters. The molecule has 0 aliphatic carbocycles. The standard InChI is InChI=1S/C57H37N3/c1-2-14-40(15-3-1)55-58-56(60-57(59-55)54-35-43-16-6-9-19-47(43)49-20-10-11-21-50(49)54)53-33-42(41-28-26-38-24-22-36-12-4-7-17-45(36)51(38)32-41)30-31-48(53)44-29-27-39-25-23-37-13-5-8-18-46(37)52(39)34-44/h1-35,57H,(H,58,59,60)/p+1. The summed E-state index contributed by atoms with van der Waals surface area (Å²) in [7, 11) is 0. The first kappa shape index (κ1) is 34.2. The summed E-state index contributed by atoms with van der Waals surface area (Å²) in [6.45, 7) is 0. The third kappa shape index (κ3) is 5.74. The lowest BCUT2D eigenvalue weighted by molar-refractivity contribution is -0.516. The van der Waals surface area contributed by atoms with E-state index in [1.165, 1.54) is 70.2 Å². The van der Waals surface area contributed by atoms with Crippen molar-refractivity contribution in [2.45, 2.75) is 6.17 Å². The fraction of sp³-hybridized carbons (Fsp3) is 0.0175. The second-order valence-electron chi connectivity index (χ2n) is 15.8. The van der Waals surface area contributed by atoms with Gasteiger partial charge in [-0.05, 0) is 128 Å². The Morgan fingerprint density at radius 1 is 0.333 bits per heavy atom. The summed E-state index contributed by atoms with van der Waals surface area (Å²) >= 11 is 0. The molecule has 0 saturated carbocycles. The van der Waals surface area contributed by atoms with Crippen LogP contribution in [0.4, 0.5) is 0 Å². The molecular weight excluding hydrogens is 727 g/mol. The number of amidine groups is 2. The summed E-state index contributed by atoms with van der Waals surface area (Å²) in [6, 6.07) is 77.1. The third-order valence-electron chi connectivity index (χ3n) is 12.4. The zero-order valence-corrected chi connectivity index (χ0v) is 32.7. The molecule has 3 nitrogen and oxygen atoms in total. The van der Waals surface area contributed by atoms with Gasteiger partial charge in [0, 0.05) is 11.1 Å². The molecule has 60 heavy (non-hydrogen) atoms. The van der Waals surface area contributed by atoms with Crippen molar-refractivity contribution >= 4 is 76.3 Å². The van der Waals surface area contributed by atoms with Crippen LogP contribution in [0.2, 0.25) is 0 Å². The van der Waals surface area contributed by atoms with Gasteiger partial charge in [-0.2, -0.15) is 0 Å². The molecule has 280 valence electrons. The first-order valence-electron chi connectivity index (χ1n) is 20.6. The SMILES string of the molecule is c1ccc(C2=NC(c3cc(-c4ccc5ccc6ccccc6c5c4)ccc3-c3ccc4ccc5ccccc5c4c3)=[NH+]C(c3cc4ccccc4c4ccccc34)N2)cc1. The Bertz CT molecular complexity index is 3580. The first-order chi connectivity index (χ1) is 29.7. The molecule has 1 aliphatic rings. The minimum Gasteiger partial charge on any atom is -0.306 e. The molecule has 0 fully saturated rings. The third-order valence-corrected chi connectivity index (χ3v) is 12.4. The van der Waals surface area contributed by atoms with Crippen LogP contribution in [0.1, 0.15) is 22.9 Å². The molecule has 11 aromatic carbocycles. The fourth-order valence-corrected chi connectivity index (χ4v) is 9.37. The van der Waals surface area contributed by atoms with E-state index in [0.29, 0.717) is 0 Å². The summed E-state index contributed by atoms with van der Waals surface area (Å²) in [5.74, 6) is 1.64. The maximum absolute atomic E-state index is 5.48. The number of benzene rings is 11. The zero-order chi connectivity index (χ0) is 39.6. The van der Waals surface area contributed by atoms with E-state index < -0.39 is 0 Å². The predicted molar refractivity (Wildman–Crippen MR) is 253 cm³/mol. The molecule has 0 spiro atoms. The summed E-state index contributed by atoms with van der Waals surface area (Å²) in [6.07, 6.45) is -0.272. The minimum atomic E-state index is -0.272. The average molecular weight is 765 g/mol. The highest BCUT2D eigenvalue weighted by Gasteiger charge is 2.31. The highest BCUT2D eigenvalue weighted by Crippen LogP contribution is 2.37. The van der Waals surface area contributed by atoms with E-state index in [1.54, 1.807) is 0 Å². The van der Waals surface area contributed by atoms with E-state index in [9.17, 15) is 0 Å². The van der Waals surface area contributed by atoms with Crippen LogP contribution in [-0.4, -0.2) is 11.7 Å². The second-order valence-corrected chi connectivity index (χ2v) is 15.8.